The number of hydrogen-bond donors (Lipinski definition) is 1. The van der Waals surface area contributed by atoms with Crippen molar-refractivity contribution in [1.29, 1.82) is 0 Å². The van der Waals surface area contributed by atoms with Gasteiger partial charge in [0.2, 0.25) is 0 Å². The summed E-state index contributed by atoms with van der Waals surface area (Å²) >= 11 is 13.3. The fraction of sp³-hybridized carbons (Fsp3) is 0.188. The van der Waals surface area contributed by atoms with Gasteiger partial charge in [-0.1, -0.05) is 40.6 Å². The minimum Gasteiger partial charge on any atom is -0.466 e. The van der Waals surface area contributed by atoms with Crippen LogP contribution < -0.4 is 5.32 Å². The highest BCUT2D eigenvalue weighted by Gasteiger charge is 2.32. The second kappa shape index (κ2) is 7.11. The zero-order valence-electron chi connectivity index (χ0n) is 13.1. The third kappa shape index (κ3) is 3.53. The van der Waals surface area contributed by atoms with E-state index in [0.29, 0.717) is 32.0 Å². The Kier molecular flexibility index (Phi) is 5.08. The van der Waals surface area contributed by atoms with E-state index in [4.69, 9.17) is 27.9 Å². The Labute approximate surface area is 157 Å². The van der Waals surface area contributed by atoms with Crippen molar-refractivity contribution < 1.29 is 13.9 Å². The number of amidine groups is 1. The van der Waals surface area contributed by atoms with E-state index in [1.807, 2.05) is 0 Å². The van der Waals surface area contributed by atoms with Gasteiger partial charge in [-0.05, 0) is 19.1 Å². The van der Waals surface area contributed by atoms with Crippen LogP contribution in [0.3, 0.4) is 0 Å². The molecule has 0 saturated carbocycles. The molecule has 1 aromatic heterocycles. The molecule has 0 saturated heterocycles. The summed E-state index contributed by atoms with van der Waals surface area (Å²) in [6, 6.07) is 3.22. The highest BCUT2D eigenvalue weighted by Crippen LogP contribution is 2.36. The maximum absolute atomic E-state index is 13.4. The van der Waals surface area contributed by atoms with Gasteiger partial charge in [0.15, 0.2) is 4.47 Å². The Morgan fingerprint density at radius 2 is 2.16 bits per heavy atom. The normalized spacial score (nSPS) is 17.2. The molecule has 1 atom stereocenters. The largest absolute Gasteiger partial charge is 0.466 e. The van der Waals surface area contributed by atoms with Crippen LogP contribution in [0.4, 0.5) is 4.39 Å². The zero-order chi connectivity index (χ0) is 18.1. The molecule has 1 aromatic carbocycles. The summed E-state index contributed by atoms with van der Waals surface area (Å²) in [6.07, 6.45) is 1.58. The minimum atomic E-state index is -0.738. The number of benzene rings is 1. The van der Waals surface area contributed by atoms with Crippen molar-refractivity contribution in [2.24, 2.45) is 4.99 Å². The molecule has 25 heavy (non-hydrogen) atoms. The number of nitrogens with one attached hydrogen (secondary N) is 1. The van der Waals surface area contributed by atoms with Gasteiger partial charge in [-0.3, -0.25) is 4.99 Å². The average molecular weight is 400 g/mol. The maximum atomic E-state index is 13.4. The Balaban J connectivity index is 2.14. The van der Waals surface area contributed by atoms with E-state index >= 15 is 0 Å². The highest BCUT2D eigenvalue weighted by atomic mass is 35.5. The quantitative estimate of drug-likeness (QED) is 0.788. The summed E-state index contributed by atoms with van der Waals surface area (Å²) in [5.41, 5.74) is 1.36. The summed E-state index contributed by atoms with van der Waals surface area (Å²) in [5, 5.41) is 3.24. The Hall–Kier alpha value is -1.96. The van der Waals surface area contributed by atoms with Gasteiger partial charge in [-0.15, -0.1) is 0 Å². The van der Waals surface area contributed by atoms with Crippen LogP contribution in [0.25, 0.3) is 0 Å². The van der Waals surface area contributed by atoms with Gasteiger partial charge in [0.1, 0.15) is 17.7 Å². The second-order valence-electron chi connectivity index (χ2n) is 5.18. The summed E-state index contributed by atoms with van der Waals surface area (Å²) < 4.78 is 18.6. The van der Waals surface area contributed by atoms with E-state index in [-0.39, 0.29) is 5.02 Å². The van der Waals surface area contributed by atoms with E-state index in [2.05, 4.69) is 15.3 Å². The Morgan fingerprint density at radius 3 is 2.76 bits per heavy atom. The van der Waals surface area contributed by atoms with Crippen LogP contribution in [-0.2, 0) is 9.53 Å². The van der Waals surface area contributed by atoms with Gasteiger partial charge in [-0.25, -0.2) is 14.2 Å². The molecule has 0 aliphatic carbocycles. The number of nitrogens with zero attached hydrogens (tertiary/aromatic N) is 2. The van der Waals surface area contributed by atoms with E-state index < -0.39 is 17.8 Å². The van der Waals surface area contributed by atoms with E-state index in [0.717, 1.165) is 0 Å². The first-order chi connectivity index (χ1) is 11.9. The number of ether oxygens (including phenoxy) is 1. The van der Waals surface area contributed by atoms with E-state index in [1.54, 1.807) is 13.1 Å². The molecule has 0 radical (unpaired) electrons. The molecule has 0 spiro atoms. The van der Waals surface area contributed by atoms with Crippen LogP contribution in [0.1, 0.15) is 23.4 Å². The number of allylic oxidation sites excluding steroid dienone is 1. The van der Waals surface area contributed by atoms with Crippen LogP contribution in [0.15, 0.2) is 40.7 Å². The van der Waals surface area contributed by atoms with Crippen LogP contribution in [-0.4, -0.2) is 23.9 Å². The number of halogens is 3. The van der Waals surface area contributed by atoms with Crippen LogP contribution in [0.2, 0.25) is 9.49 Å². The predicted molar refractivity (Wildman–Crippen MR) is 95.7 cm³/mol. The molecule has 0 amide bonds. The predicted octanol–water partition coefficient (Wildman–Crippen LogP) is 4.13. The molecular formula is C16H12Cl2FN3O2S. The molecule has 3 rings (SSSR count). The third-order valence-corrected chi connectivity index (χ3v) is 5.06. The number of thiazole rings is 1. The number of carbonyl (C=O) groups is 1. The standard InChI is InChI=1S/C16H12Cl2FN3O2S/c1-7-12(15(23)24-2)13(9-4-3-8(19)5-10(9)17)22-14(21-7)11-6-20-16(18)25-11/h3-6,13H,1-2H3,(H,21,22). The number of aliphatic imine (C=N–C) groups is 1. The monoisotopic (exact) mass is 399 g/mol. The molecule has 1 aliphatic heterocycles. The van der Waals surface area contributed by atoms with Crippen molar-refractivity contribution in [3.8, 4) is 0 Å². The van der Waals surface area contributed by atoms with Gasteiger partial charge in [-0.2, -0.15) is 0 Å². The summed E-state index contributed by atoms with van der Waals surface area (Å²) in [5.74, 6) is -0.512. The molecule has 1 unspecified atom stereocenters. The van der Waals surface area contributed by atoms with Crippen molar-refractivity contribution >= 4 is 46.3 Å². The lowest BCUT2D eigenvalue weighted by molar-refractivity contribution is -0.136. The van der Waals surface area contributed by atoms with Crippen LogP contribution in [0, 0.1) is 5.82 Å². The van der Waals surface area contributed by atoms with E-state index in [1.165, 1.54) is 36.6 Å². The van der Waals surface area contributed by atoms with Gasteiger partial charge < -0.3 is 10.1 Å². The van der Waals surface area contributed by atoms with Gasteiger partial charge >= 0.3 is 5.97 Å². The Bertz CT molecular complexity index is 911. The van der Waals surface area contributed by atoms with Crippen molar-refractivity contribution in [3.63, 3.8) is 0 Å². The molecule has 1 aliphatic rings. The topological polar surface area (TPSA) is 63.6 Å². The molecule has 2 aromatic rings. The summed E-state index contributed by atoms with van der Waals surface area (Å²) in [7, 11) is 1.29. The lowest BCUT2D eigenvalue weighted by Gasteiger charge is -2.25. The Morgan fingerprint density at radius 1 is 1.40 bits per heavy atom. The molecule has 2 heterocycles. The van der Waals surface area contributed by atoms with Crippen molar-refractivity contribution in [2.75, 3.05) is 7.11 Å². The van der Waals surface area contributed by atoms with Crippen molar-refractivity contribution in [2.45, 2.75) is 13.0 Å². The number of carbonyl (C=O) groups excluding carboxylic acids is 1. The van der Waals surface area contributed by atoms with Gasteiger partial charge in [0, 0.05) is 16.3 Å². The number of esters is 1. The fourth-order valence-electron chi connectivity index (χ4n) is 2.49. The minimum absolute atomic E-state index is 0.173. The average Bonchev–Trinajstić information content (AvgIpc) is 3.00. The number of aromatic nitrogens is 1. The zero-order valence-corrected chi connectivity index (χ0v) is 15.5. The summed E-state index contributed by atoms with van der Waals surface area (Å²) in [6.45, 7) is 1.73. The molecule has 0 fully saturated rings. The molecular weight excluding hydrogens is 388 g/mol. The number of hydrogen-bond acceptors (Lipinski definition) is 6. The highest BCUT2D eigenvalue weighted by molar-refractivity contribution is 7.17. The first-order valence-electron chi connectivity index (χ1n) is 7.11. The summed E-state index contributed by atoms with van der Waals surface area (Å²) in [4.78, 5) is 21.5. The smallest absolute Gasteiger partial charge is 0.338 e. The van der Waals surface area contributed by atoms with E-state index in [9.17, 15) is 9.18 Å². The van der Waals surface area contributed by atoms with Crippen molar-refractivity contribution in [3.05, 3.63) is 61.4 Å². The van der Waals surface area contributed by atoms with Gasteiger partial charge in [0.05, 0.1) is 23.8 Å². The third-order valence-electron chi connectivity index (χ3n) is 3.61. The molecule has 0 bridgehead atoms. The fourth-order valence-corrected chi connectivity index (χ4v) is 3.65. The van der Waals surface area contributed by atoms with Crippen LogP contribution >= 0.6 is 34.5 Å². The lowest BCUT2D eigenvalue weighted by Crippen LogP contribution is -2.32. The first-order valence-corrected chi connectivity index (χ1v) is 8.68. The number of rotatable bonds is 3. The number of methoxy groups -OCH3 is 1. The maximum Gasteiger partial charge on any atom is 0.338 e. The molecule has 130 valence electrons. The van der Waals surface area contributed by atoms with Crippen molar-refractivity contribution in [1.82, 2.24) is 10.3 Å². The molecule has 5 nitrogen and oxygen atoms in total. The molecule has 9 heteroatoms. The SMILES string of the molecule is COC(=O)C1=C(C)NC(c2cnc(Cl)s2)=NC1c1ccc(F)cc1Cl. The van der Waals surface area contributed by atoms with Crippen LogP contribution in [0.5, 0.6) is 0 Å². The second-order valence-corrected chi connectivity index (χ2v) is 7.20. The van der Waals surface area contributed by atoms with Gasteiger partial charge in [0.25, 0.3) is 0 Å². The lowest BCUT2D eigenvalue weighted by atomic mass is 9.96. The molecule has 1 N–H and O–H groups in total. The first kappa shape index (κ1) is 17.8.